The van der Waals surface area contributed by atoms with Crippen molar-refractivity contribution in [2.75, 3.05) is 25.5 Å². The standard InChI is InChI=1S/C13H19ClN2O/c1-17-13-5-4-10(14)9-12(13)16-8-6-11-3-2-7-15-11/h4-5,9,11,15-16H,2-3,6-8H2,1H3. The Balaban J connectivity index is 1.86. The Kier molecular flexibility index (Phi) is 4.51. The molecule has 0 amide bonds. The van der Waals surface area contributed by atoms with Crippen molar-refractivity contribution < 1.29 is 4.74 Å². The van der Waals surface area contributed by atoms with E-state index in [9.17, 15) is 0 Å². The molecule has 2 rings (SSSR count). The van der Waals surface area contributed by atoms with Gasteiger partial charge in [-0.25, -0.2) is 0 Å². The van der Waals surface area contributed by atoms with Crippen LogP contribution in [0.2, 0.25) is 5.02 Å². The SMILES string of the molecule is COc1ccc(Cl)cc1NCCC1CCCN1. The fraction of sp³-hybridized carbons (Fsp3) is 0.538. The zero-order valence-corrected chi connectivity index (χ0v) is 10.9. The molecule has 1 aromatic carbocycles. The highest BCUT2D eigenvalue weighted by Gasteiger charge is 2.13. The lowest BCUT2D eigenvalue weighted by atomic mass is 10.1. The molecule has 0 saturated carbocycles. The third-order valence-electron chi connectivity index (χ3n) is 3.13. The molecule has 1 aliphatic heterocycles. The van der Waals surface area contributed by atoms with Crippen molar-refractivity contribution in [1.82, 2.24) is 5.32 Å². The van der Waals surface area contributed by atoms with Crippen LogP contribution in [0.3, 0.4) is 0 Å². The molecule has 1 aliphatic rings. The van der Waals surface area contributed by atoms with Crippen LogP contribution in [0.5, 0.6) is 5.75 Å². The van der Waals surface area contributed by atoms with Crippen LogP contribution in [-0.2, 0) is 0 Å². The summed E-state index contributed by atoms with van der Waals surface area (Å²) in [4.78, 5) is 0. The van der Waals surface area contributed by atoms with E-state index in [4.69, 9.17) is 16.3 Å². The van der Waals surface area contributed by atoms with Crippen molar-refractivity contribution >= 4 is 17.3 Å². The molecule has 1 unspecified atom stereocenters. The van der Waals surface area contributed by atoms with E-state index in [2.05, 4.69) is 10.6 Å². The first-order chi connectivity index (χ1) is 8.29. The lowest BCUT2D eigenvalue weighted by Gasteiger charge is -2.14. The fourth-order valence-corrected chi connectivity index (χ4v) is 2.37. The van der Waals surface area contributed by atoms with Gasteiger partial charge in [-0.15, -0.1) is 0 Å². The Morgan fingerprint density at radius 1 is 1.53 bits per heavy atom. The Labute approximate surface area is 107 Å². The number of anilines is 1. The van der Waals surface area contributed by atoms with Crippen molar-refractivity contribution in [3.05, 3.63) is 23.2 Å². The lowest BCUT2D eigenvalue weighted by Crippen LogP contribution is -2.24. The van der Waals surface area contributed by atoms with Gasteiger partial charge < -0.3 is 15.4 Å². The summed E-state index contributed by atoms with van der Waals surface area (Å²) < 4.78 is 5.29. The molecule has 17 heavy (non-hydrogen) atoms. The van der Waals surface area contributed by atoms with Crippen LogP contribution in [-0.4, -0.2) is 26.2 Å². The van der Waals surface area contributed by atoms with Crippen molar-refractivity contribution in [2.24, 2.45) is 0 Å². The van der Waals surface area contributed by atoms with Crippen molar-refractivity contribution in [1.29, 1.82) is 0 Å². The summed E-state index contributed by atoms with van der Waals surface area (Å²) in [5.74, 6) is 0.841. The Bertz CT molecular complexity index is 364. The highest BCUT2D eigenvalue weighted by atomic mass is 35.5. The molecule has 0 spiro atoms. The topological polar surface area (TPSA) is 33.3 Å². The summed E-state index contributed by atoms with van der Waals surface area (Å²) >= 11 is 5.97. The highest BCUT2D eigenvalue weighted by molar-refractivity contribution is 6.30. The van der Waals surface area contributed by atoms with E-state index in [-0.39, 0.29) is 0 Å². The average Bonchev–Trinajstić information content (AvgIpc) is 2.82. The van der Waals surface area contributed by atoms with Crippen LogP contribution < -0.4 is 15.4 Å². The molecule has 1 heterocycles. The van der Waals surface area contributed by atoms with Gasteiger partial charge >= 0.3 is 0 Å². The van der Waals surface area contributed by atoms with Gasteiger partial charge in [-0.3, -0.25) is 0 Å². The van der Waals surface area contributed by atoms with E-state index >= 15 is 0 Å². The van der Waals surface area contributed by atoms with Crippen LogP contribution >= 0.6 is 11.6 Å². The number of rotatable bonds is 5. The average molecular weight is 255 g/mol. The van der Waals surface area contributed by atoms with E-state index in [0.717, 1.165) is 36.0 Å². The van der Waals surface area contributed by atoms with Crippen LogP contribution in [0.1, 0.15) is 19.3 Å². The van der Waals surface area contributed by atoms with Gasteiger partial charge in [0.2, 0.25) is 0 Å². The molecule has 2 N–H and O–H groups in total. The Morgan fingerprint density at radius 3 is 3.12 bits per heavy atom. The molecule has 0 bridgehead atoms. The number of benzene rings is 1. The van der Waals surface area contributed by atoms with E-state index in [0.29, 0.717) is 6.04 Å². The van der Waals surface area contributed by atoms with Crippen molar-refractivity contribution in [2.45, 2.75) is 25.3 Å². The molecule has 1 atom stereocenters. The molecule has 1 fully saturated rings. The third-order valence-corrected chi connectivity index (χ3v) is 3.37. The molecule has 0 aromatic heterocycles. The Hall–Kier alpha value is -0.930. The van der Waals surface area contributed by atoms with E-state index in [1.54, 1.807) is 7.11 Å². The summed E-state index contributed by atoms with van der Waals surface area (Å²) in [6.07, 6.45) is 3.72. The summed E-state index contributed by atoms with van der Waals surface area (Å²) in [5.41, 5.74) is 0.970. The maximum atomic E-state index is 5.97. The van der Waals surface area contributed by atoms with E-state index < -0.39 is 0 Å². The zero-order chi connectivity index (χ0) is 12.1. The second kappa shape index (κ2) is 6.12. The summed E-state index contributed by atoms with van der Waals surface area (Å²) in [7, 11) is 1.67. The summed E-state index contributed by atoms with van der Waals surface area (Å²) in [6, 6.07) is 6.29. The minimum atomic E-state index is 0.660. The maximum Gasteiger partial charge on any atom is 0.142 e. The van der Waals surface area contributed by atoms with Gasteiger partial charge in [0.15, 0.2) is 0 Å². The molecule has 4 heteroatoms. The van der Waals surface area contributed by atoms with Gasteiger partial charge in [0.05, 0.1) is 12.8 Å². The number of hydrogen-bond acceptors (Lipinski definition) is 3. The number of ether oxygens (including phenoxy) is 1. The third kappa shape index (κ3) is 3.51. The second-order valence-corrected chi connectivity index (χ2v) is 4.79. The first kappa shape index (κ1) is 12.5. The van der Waals surface area contributed by atoms with Gasteiger partial charge in [0, 0.05) is 17.6 Å². The first-order valence-corrected chi connectivity index (χ1v) is 6.48. The van der Waals surface area contributed by atoms with Gasteiger partial charge in [0.1, 0.15) is 5.75 Å². The van der Waals surface area contributed by atoms with E-state index in [1.807, 2.05) is 18.2 Å². The van der Waals surface area contributed by atoms with Gasteiger partial charge in [-0.2, -0.15) is 0 Å². The monoisotopic (exact) mass is 254 g/mol. The number of methoxy groups -OCH3 is 1. The van der Waals surface area contributed by atoms with Gasteiger partial charge in [-0.1, -0.05) is 11.6 Å². The molecule has 0 radical (unpaired) electrons. The summed E-state index contributed by atoms with van der Waals surface area (Å²) in [5, 5.41) is 7.60. The highest BCUT2D eigenvalue weighted by Crippen LogP contribution is 2.27. The predicted octanol–water partition coefficient (Wildman–Crippen LogP) is 2.90. The van der Waals surface area contributed by atoms with Crippen LogP contribution in [0.4, 0.5) is 5.69 Å². The molecule has 1 aromatic rings. The van der Waals surface area contributed by atoms with Gasteiger partial charge in [0.25, 0.3) is 0 Å². The largest absolute Gasteiger partial charge is 0.495 e. The normalized spacial score (nSPS) is 19.3. The van der Waals surface area contributed by atoms with Crippen LogP contribution in [0, 0.1) is 0 Å². The first-order valence-electron chi connectivity index (χ1n) is 6.10. The molecular weight excluding hydrogens is 236 g/mol. The molecule has 0 aliphatic carbocycles. The number of hydrogen-bond donors (Lipinski definition) is 2. The molecule has 94 valence electrons. The summed E-state index contributed by atoms with van der Waals surface area (Å²) in [6.45, 7) is 2.10. The van der Waals surface area contributed by atoms with Crippen LogP contribution in [0.25, 0.3) is 0 Å². The fourth-order valence-electron chi connectivity index (χ4n) is 2.20. The second-order valence-electron chi connectivity index (χ2n) is 4.35. The minimum absolute atomic E-state index is 0.660. The molecule has 1 saturated heterocycles. The minimum Gasteiger partial charge on any atom is -0.495 e. The lowest BCUT2D eigenvalue weighted by molar-refractivity contribution is 0.416. The van der Waals surface area contributed by atoms with Gasteiger partial charge in [-0.05, 0) is 44.0 Å². The van der Waals surface area contributed by atoms with Crippen molar-refractivity contribution in [3.63, 3.8) is 0 Å². The zero-order valence-electron chi connectivity index (χ0n) is 10.1. The molecular formula is C13H19ClN2O. The number of nitrogens with one attached hydrogen (secondary N) is 2. The predicted molar refractivity (Wildman–Crippen MR) is 72.1 cm³/mol. The van der Waals surface area contributed by atoms with Crippen LogP contribution in [0.15, 0.2) is 18.2 Å². The van der Waals surface area contributed by atoms with E-state index in [1.165, 1.54) is 12.8 Å². The Morgan fingerprint density at radius 2 is 2.41 bits per heavy atom. The number of halogens is 1. The smallest absolute Gasteiger partial charge is 0.142 e. The quantitative estimate of drug-likeness (QED) is 0.848. The van der Waals surface area contributed by atoms with Crippen molar-refractivity contribution in [3.8, 4) is 5.75 Å². The molecule has 3 nitrogen and oxygen atoms in total. The maximum absolute atomic E-state index is 5.97.